The molecule has 0 spiro atoms. The topological polar surface area (TPSA) is 72.1 Å². The fourth-order valence-electron chi connectivity index (χ4n) is 1.89. The number of hydrogen-bond acceptors (Lipinski definition) is 3. The summed E-state index contributed by atoms with van der Waals surface area (Å²) in [6.07, 6.45) is -4.50. The van der Waals surface area contributed by atoms with Gasteiger partial charge in [0.05, 0.1) is 10.7 Å². The van der Waals surface area contributed by atoms with Crippen molar-refractivity contribution in [3.05, 3.63) is 45.7 Å². The van der Waals surface area contributed by atoms with E-state index in [9.17, 15) is 18.0 Å². The van der Waals surface area contributed by atoms with Crippen molar-refractivity contribution in [3.63, 3.8) is 0 Å². The molecule has 128 valence electrons. The number of urea groups is 1. The molecule has 0 aliphatic heterocycles. The van der Waals surface area contributed by atoms with Crippen LogP contribution in [0.25, 0.3) is 0 Å². The SMILES string of the molecule is CCc1cc(C(F)(F)F)nc(N(C(N)=O)c2cc(Cl)ccc2Cl)n1. The zero-order valence-corrected chi connectivity index (χ0v) is 13.7. The predicted octanol–water partition coefficient (Wildman–Crippen LogP) is 4.58. The lowest BCUT2D eigenvalue weighted by Gasteiger charge is -2.21. The molecule has 5 nitrogen and oxygen atoms in total. The van der Waals surface area contributed by atoms with Crippen LogP contribution in [0.3, 0.4) is 0 Å². The van der Waals surface area contributed by atoms with Crippen molar-refractivity contribution in [2.24, 2.45) is 5.73 Å². The quantitative estimate of drug-likeness (QED) is 0.849. The Labute approximate surface area is 145 Å². The predicted molar refractivity (Wildman–Crippen MR) is 84.6 cm³/mol. The van der Waals surface area contributed by atoms with Crippen molar-refractivity contribution in [2.75, 3.05) is 4.90 Å². The van der Waals surface area contributed by atoms with Gasteiger partial charge < -0.3 is 5.73 Å². The number of carbonyl (C=O) groups is 1. The maximum absolute atomic E-state index is 13.0. The molecule has 2 aromatic rings. The fourth-order valence-corrected chi connectivity index (χ4v) is 2.26. The van der Waals surface area contributed by atoms with Crippen LogP contribution in [0.2, 0.25) is 10.0 Å². The molecule has 10 heteroatoms. The average Bonchev–Trinajstić information content (AvgIpc) is 2.49. The van der Waals surface area contributed by atoms with Crippen LogP contribution < -0.4 is 10.6 Å². The van der Waals surface area contributed by atoms with Gasteiger partial charge in [-0.1, -0.05) is 30.1 Å². The van der Waals surface area contributed by atoms with Gasteiger partial charge in [-0.2, -0.15) is 13.2 Å². The third kappa shape index (κ3) is 3.88. The first-order valence-electron chi connectivity index (χ1n) is 6.63. The number of alkyl halides is 3. The summed E-state index contributed by atoms with van der Waals surface area (Å²) < 4.78 is 39.1. The number of benzene rings is 1. The molecule has 2 N–H and O–H groups in total. The Hall–Kier alpha value is -2.06. The van der Waals surface area contributed by atoms with Gasteiger partial charge in [-0.15, -0.1) is 0 Å². The molecule has 0 saturated heterocycles. The number of hydrogen-bond donors (Lipinski definition) is 1. The molecule has 0 bridgehead atoms. The van der Waals surface area contributed by atoms with E-state index in [0.717, 1.165) is 6.07 Å². The van der Waals surface area contributed by atoms with Crippen LogP contribution >= 0.6 is 23.2 Å². The minimum Gasteiger partial charge on any atom is -0.351 e. The van der Waals surface area contributed by atoms with Crippen LogP contribution in [0.15, 0.2) is 24.3 Å². The highest BCUT2D eigenvalue weighted by atomic mass is 35.5. The molecule has 1 heterocycles. The number of nitrogens with zero attached hydrogens (tertiary/aromatic N) is 3. The standard InChI is InChI=1S/C14H11Cl2F3N4O/c1-2-8-6-11(14(17,18)19)22-13(21-8)23(12(20)24)10-5-7(15)3-4-9(10)16/h3-6H,2H2,1H3,(H2,20,24). The van der Waals surface area contributed by atoms with Crippen LogP contribution in [0.1, 0.15) is 18.3 Å². The van der Waals surface area contributed by atoms with Gasteiger partial charge in [0.1, 0.15) is 5.69 Å². The summed E-state index contributed by atoms with van der Waals surface area (Å²) in [7, 11) is 0. The lowest BCUT2D eigenvalue weighted by atomic mass is 10.2. The van der Waals surface area contributed by atoms with Gasteiger partial charge in [-0.3, -0.25) is 0 Å². The molecule has 0 fully saturated rings. The molecule has 0 aliphatic carbocycles. The molecule has 1 aromatic heterocycles. The second-order valence-electron chi connectivity index (χ2n) is 4.67. The molecule has 2 amide bonds. The van der Waals surface area contributed by atoms with Crippen molar-refractivity contribution in [2.45, 2.75) is 19.5 Å². The largest absolute Gasteiger partial charge is 0.433 e. The van der Waals surface area contributed by atoms with Gasteiger partial charge in [0.15, 0.2) is 0 Å². The summed E-state index contributed by atoms with van der Waals surface area (Å²) in [5, 5.41) is 0.264. The summed E-state index contributed by atoms with van der Waals surface area (Å²) in [5.41, 5.74) is 4.19. The first-order valence-corrected chi connectivity index (χ1v) is 7.38. The first kappa shape index (κ1) is 18.3. The Balaban J connectivity index is 2.68. The average molecular weight is 379 g/mol. The van der Waals surface area contributed by atoms with E-state index in [0.29, 0.717) is 4.90 Å². The van der Waals surface area contributed by atoms with Gasteiger partial charge in [0, 0.05) is 10.7 Å². The van der Waals surface area contributed by atoms with Crippen molar-refractivity contribution >= 4 is 40.9 Å². The highest BCUT2D eigenvalue weighted by molar-refractivity contribution is 6.36. The Morgan fingerprint density at radius 1 is 1.25 bits per heavy atom. The number of primary amides is 1. The summed E-state index contributed by atoms with van der Waals surface area (Å²) in [5.74, 6) is -0.529. The summed E-state index contributed by atoms with van der Waals surface area (Å²) in [6, 6.07) is 3.83. The van der Waals surface area contributed by atoms with Crippen molar-refractivity contribution in [1.29, 1.82) is 0 Å². The number of anilines is 2. The van der Waals surface area contributed by atoms with Gasteiger partial charge in [0.25, 0.3) is 0 Å². The van der Waals surface area contributed by atoms with E-state index in [1.165, 1.54) is 18.2 Å². The molecule has 2 rings (SSSR count). The molecule has 0 atom stereocenters. The van der Waals surface area contributed by atoms with E-state index in [-0.39, 0.29) is 27.8 Å². The smallest absolute Gasteiger partial charge is 0.351 e. The van der Waals surface area contributed by atoms with Crippen LogP contribution in [0.4, 0.5) is 29.6 Å². The van der Waals surface area contributed by atoms with E-state index < -0.39 is 23.8 Å². The van der Waals surface area contributed by atoms with Crippen LogP contribution in [0.5, 0.6) is 0 Å². The maximum atomic E-state index is 13.0. The molecule has 0 aliphatic rings. The Kier molecular flexibility index (Phi) is 5.19. The fraction of sp³-hybridized carbons (Fsp3) is 0.214. The number of nitrogens with two attached hydrogens (primary N) is 1. The van der Waals surface area contributed by atoms with Crippen LogP contribution in [-0.4, -0.2) is 16.0 Å². The van der Waals surface area contributed by atoms with E-state index in [1.807, 2.05) is 0 Å². The molecule has 1 aromatic carbocycles. The molecule has 0 saturated carbocycles. The lowest BCUT2D eigenvalue weighted by Crippen LogP contribution is -2.33. The third-order valence-corrected chi connectivity index (χ3v) is 3.54. The van der Waals surface area contributed by atoms with Crippen LogP contribution in [-0.2, 0) is 12.6 Å². The second kappa shape index (κ2) is 6.82. The van der Waals surface area contributed by atoms with E-state index >= 15 is 0 Å². The zero-order chi connectivity index (χ0) is 18.1. The molecule has 0 unspecified atom stereocenters. The number of carbonyl (C=O) groups excluding carboxylic acids is 1. The third-order valence-electron chi connectivity index (χ3n) is 2.99. The number of amides is 2. The number of aryl methyl sites for hydroxylation is 1. The normalized spacial score (nSPS) is 11.4. The van der Waals surface area contributed by atoms with Crippen molar-refractivity contribution < 1.29 is 18.0 Å². The van der Waals surface area contributed by atoms with Gasteiger partial charge >= 0.3 is 12.2 Å². The summed E-state index contributed by atoms with van der Waals surface area (Å²) in [4.78, 5) is 19.8. The molecule has 24 heavy (non-hydrogen) atoms. The second-order valence-corrected chi connectivity index (χ2v) is 5.51. The molecule has 0 radical (unpaired) electrons. The minimum atomic E-state index is -4.71. The minimum absolute atomic E-state index is 0.0157. The summed E-state index contributed by atoms with van der Waals surface area (Å²) >= 11 is 11.9. The van der Waals surface area contributed by atoms with Gasteiger partial charge in [-0.05, 0) is 30.7 Å². The van der Waals surface area contributed by atoms with Crippen molar-refractivity contribution in [3.8, 4) is 0 Å². The van der Waals surface area contributed by atoms with Gasteiger partial charge in [0.2, 0.25) is 5.95 Å². The Morgan fingerprint density at radius 3 is 2.46 bits per heavy atom. The highest BCUT2D eigenvalue weighted by Gasteiger charge is 2.35. The van der Waals surface area contributed by atoms with Gasteiger partial charge in [-0.25, -0.2) is 19.7 Å². The van der Waals surface area contributed by atoms with E-state index in [2.05, 4.69) is 9.97 Å². The van der Waals surface area contributed by atoms with E-state index in [4.69, 9.17) is 28.9 Å². The Morgan fingerprint density at radius 2 is 1.92 bits per heavy atom. The van der Waals surface area contributed by atoms with E-state index in [1.54, 1.807) is 6.92 Å². The zero-order valence-electron chi connectivity index (χ0n) is 12.2. The molecular formula is C14H11Cl2F3N4O. The van der Waals surface area contributed by atoms with Crippen LogP contribution in [0, 0.1) is 0 Å². The number of halogens is 5. The Bertz CT molecular complexity index is 783. The molecular weight excluding hydrogens is 368 g/mol. The number of aromatic nitrogens is 2. The monoisotopic (exact) mass is 378 g/mol. The van der Waals surface area contributed by atoms with Crippen molar-refractivity contribution in [1.82, 2.24) is 9.97 Å². The first-order chi connectivity index (χ1) is 11.1. The summed E-state index contributed by atoms with van der Waals surface area (Å²) in [6.45, 7) is 1.62. The number of rotatable bonds is 3. The highest BCUT2D eigenvalue weighted by Crippen LogP contribution is 2.35. The maximum Gasteiger partial charge on any atom is 0.433 e. The lowest BCUT2D eigenvalue weighted by molar-refractivity contribution is -0.141.